The number of carbonyl (C=O) groups excluding carboxylic acids is 2. The summed E-state index contributed by atoms with van der Waals surface area (Å²) < 4.78 is 0. The van der Waals surface area contributed by atoms with Crippen LogP contribution in [0.1, 0.15) is 44.4 Å². The van der Waals surface area contributed by atoms with Crippen LogP contribution >= 0.6 is 11.3 Å². The number of para-hydroxylation sites is 1. The number of hydrogen-bond donors (Lipinski definition) is 1. The zero-order valence-corrected chi connectivity index (χ0v) is 17.4. The molecule has 1 N–H and O–H groups in total. The molecule has 0 radical (unpaired) electrons. The standard InChI is InChI=1S/C22H22N4O2S/c1-13-8-9-16(10-15(13)3)20(28)23-22-25-24-21(29-22)17-11-19(27)26(12-17)18-7-5-4-6-14(18)2/h4-10,17H,11-12H2,1-3H3,(H,23,25,28)/t17-/m1/s1. The Kier molecular flexibility index (Phi) is 5.15. The van der Waals surface area contributed by atoms with Crippen molar-refractivity contribution in [1.29, 1.82) is 0 Å². The number of amides is 2. The summed E-state index contributed by atoms with van der Waals surface area (Å²) in [5, 5.41) is 12.4. The molecular formula is C22H22N4O2S. The molecule has 6 nitrogen and oxygen atoms in total. The number of carbonyl (C=O) groups is 2. The fourth-order valence-corrected chi connectivity index (χ4v) is 4.30. The van der Waals surface area contributed by atoms with Crippen molar-refractivity contribution >= 4 is 34.0 Å². The second kappa shape index (κ2) is 7.75. The molecule has 7 heteroatoms. The van der Waals surface area contributed by atoms with Crippen molar-refractivity contribution in [3.63, 3.8) is 0 Å². The van der Waals surface area contributed by atoms with Gasteiger partial charge in [-0.3, -0.25) is 14.9 Å². The lowest BCUT2D eigenvalue weighted by molar-refractivity contribution is -0.117. The first kappa shape index (κ1) is 19.3. The topological polar surface area (TPSA) is 75.2 Å². The quantitative estimate of drug-likeness (QED) is 0.703. The summed E-state index contributed by atoms with van der Waals surface area (Å²) in [6.45, 7) is 6.56. The van der Waals surface area contributed by atoms with Crippen molar-refractivity contribution in [1.82, 2.24) is 10.2 Å². The summed E-state index contributed by atoms with van der Waals surface area (Å²) in [6.07, 6.45) is 0.397. The molecule has 1 aliphatic heterocycles. The molecule has 29 heavy (non-hydrogen) atoms. The van der Waals surface area contributed by atoms with Gasteiger partial charge in [-0.25, -0.2) is 0 Å². The van der Waals surface area contributed by atoms with Gasteiger partial charge in [0, 0.05) is 30.1 Å². The number of nitrogens with zero attached hydrogens (tertiary/aromatic N) is 3. The van der Waals surface area contributed by atoms with Gasteiger partial charge in [-0.05, 0) is 55.7 Å². The number of nitrogens with one attached hydrogen (secondary N) is 1. The monoisotopic (exact) mass is 406 g/mol. The van der Waals surface area contributed by atoms with Crippen molar-refractivity contribution in [2.24, 2.45) is 0 Å². The van der Waals surface area contributed by atoms with Gasteiger partial charge >= 0.3 is 0 Å². The largest absolute Gasteiger partial charge is 0.311 e. The van der Waals surface area contributed by atoms with E-state index in [9.17, 15) is 9.59 Å². The van der Waals surface area contributed by atoms with E-state index in [1.165, 1.54) is 11.3 Å². The van der Waals surface area contributed by atoms with Gasteiger partial charge in [0.2, 0.25) is 11.0 Å². The summed E-state index contributed by atoms with van der Waals surface area (Å²) in [5.41, 5.74) is 4.81. The highest BCUT2D eigenvalue weighted by Gasteiger charge is 2.34. The van der Waals surface area contributed by atoms with Crippen LogP contribution in [0.3, 0.4) is 0 Å². The number of anilines is 2. The Morgan fingerprint density at radius 1 is 1.07 bits per heavy atom. The highest BCUT2D eigenvalue weighted by molar-refractivity contribution is 7.15. The molecule has 0 spiro atoms. The zero-order chi connectivity index (χ0) is 20.5. The Balaban J connectivity index is 1.46. The minimum absolute atomic E-state index is 0.0214. The summed E-state index contributed by atoms with van der Waals surface area (Å²) in [4.78, 5) is 26.9. The third kappa shape index (κ3) is 3.91. The molecule has 2 aromatic carbocycles. The molecule has 3 aromatic rings. The van der Waals surface area contributed by atoms with Crippen LogP contribution in [0.25, 0.3) is 0 Å². The third-order valence-electron chi connectivity index (χ3n) is 5.31. The summed E-state index contributed by atoms with van der Waals surface area (Å²) in [6, 6.07) is 13.5. The number of rotatable bonds is 4. The van der Waals surface area contributed by atoms with Crippen LogP contribution in [0, 0.1) is 20.8 Å². The van der Waals surface area contributed by atoms with Gasteiger partial charge in [0.25, 0.3) is 5.91 Å². The van der Waals surface area contributed by atoms with Gasteiger partial charge in [-0.2, -0.15) is 0 Å². The SMILES string of the molecule is Cc1ccc(C(=O)Nc2nnc([C@@H]3CC(=O)N(c4ccccc4C)C3)s2)cc1C. The lowest BCUT2D eigenvalue weighted by Crippen LogP contribution is -2.25. The number of aromatic nitrogens is 2. The maximum Gasteiger partial charge on any atom is 0.257 e. The van der Waals surface area contributed by atoms with Crippen LogP contribution in [0.15, 0.2) is 42.5 Å². The van der Waals surface area contributed by atoms with Gasteiger partial charge < -0.3 is 4.90 Å². The van der Waals surface area contributed by atoms with Gasteiger partial charge in [-0.15, -0.1) is 10.2 Å². The van der Waals surface area contributed by atoms with Crippen LogP contribution in [-0.4, -0.2) is 28.6 Å². The first-order valence-corrected chi connectivity index (χ1v) is 10.3. The molecule has 148 valence electrons. The predicted molar refractivity (Wildman–Crippen MR) is 115 cm³/mol. The second-order valence-corrected chi connectivity index (χ2v) is 8.40. The smallest absolute Gasteiger partial charge is 0.257 e. The van der Waals surface area contributed by atoms with Crippen LogP contribution < -0.4 is 10.2 Å². The molecule has 2 amide bonds. The van der Waals surface area contributed by atoms with Crippen molar-refractivity contribution < 1.29 is 9.59 Å². The Morgan fingerprint density at radius 3 is 2.62 bits per heavy atom. The molecule has 1 saturated heterocycles. The average Bonchev–Trinajstić information content (AvgIpc) is 3.31. The van der Waals surface area contributed by atoms with Crippen LogP contribution in [0.4, 0.5) is 10.8 Å². The van der Waals surface area contributed by atoms with Crippen molar-refractivity contribution in [2.45, 2.75) is 33.1 Å². The Hall–Kier alpha value is -3.06. The van der Waals surface area contributed by atoms with Gasteiger partial charge in [0.15, 0.2) is 0 Å². The molecule has 1 aliphatic rings. The van der Waals surface area contributed by atoms with Gasteiger partial charge in [0.05, 0.1) is 0 Å². The first-order chi connectivity index (χ1) is 13.9. The first-order valence-electron chi connectivity index (χ1n) is 9.50. The maximum atomic E-state index is 12.6. The summed E-state index contributed by atoms with van der Waals surface area (Å²) in [7, 11) is 0. The molecule has 0 unspecified atom stereocenters. The fraction of sp³-hybridized carbons (Fsp3) is 0.273. The lowest BCUT2D eigenvalue weighted by Gasteiger charge is -2.18. The Bertz CT molecular complexity index is 1090. The van der Waals surface area contributed by atoms with Crippen LogP contribution in [0.5, 0.6) is 0 Å². The Labute approximate surface area is 173 Å². The van der Waals surface area contributed by atoms with Crippen LogP contribution in [0.2, 0.25) is 0 Å². The van der Waals surface area contributed by atoms with Crippen molar-refractivity contribution in [2.75, 3.05) is 16.8 Å². The van der Waals surface area contributed by atoms with E-state index in [1.807, 2.05) is 62.1 Å². The highest BCUT2D eigenvalue weighted by Crippen LogP contribution is 2.35. The van der Waals surface area contributed by atoms with E-state index >= 15 is 0 Å². The van der Waals surface area contributed by atoms with E-state index in [1.54, 1.807) is 6.07 Å². The molecule has 1 aromatic heterocycles. The van der Waals surface area contributed by atoms with E-state index in [-0.39, 0.29) is 17.7 Å². The minimum Gasteiger partial charge on any atom is -0.311 e. The maximum absolute atomic E-state index is 12.6. The fourth-order valence-electron chi connectivity index (χ4n) is 3.47. The van der Waals surface area contributed by atoms with E-state index in [2.05, 4.69) is 15.5 Å². The van der Waals surface area contributed by atoms with E-state index < -0.39 is 0 Å². The molecular weight excluding hydrogens is 384 g/mol. The Morgan fingerprint density at radius 2 is 1.86 bits per heavy atom. The molecule has 0 bridgehead atoms. The number of aryl methyl sites for hydroxylation is 3. The summed E-state index contributed by atoms with van der Waals surface area (Å²) in [5.74, 6) is -0.146. The molecule has 1 fully saturated rings. The van der Waals surface area contributed by atoms with Crippen LogP contribution in [-0.2, 0) is 4.79 Å². The van der Waals surface area contributed by atoms with Gasteiger partial charge in [-0.1, -0.05) is 35.6 Å². The van der Waals surface area contributed by atoms with E-state index in [4.69, 9.17) is 0 Å². The van der Waals surface area contributed by atoms with Gasteiger partial charge in [0.1, 0.15) is 5.01 Å². The average molecular weight is 407 g/mol. The molecule has 0 saturated carbocycles. The minimum atomic E-state index is -0.208. The van der Waals surface area contributed by atoms with Crippen molar-refractivity contribution in [3.8, 4) is 0 Å². The second-order valence-electron chi connectivity index (χ2n) is 7.39. The molecule has 0 aliphatic carbocycles. The lowest BCUT2D eigenvalue weighted by atomic mass is 10.1. The highest BCUT2D eigenvalue weighted by atomic mass is 32.1. The molecule has 1 atom stereocenters. The third-order valence-corrected chi connectivity index (χ3v) is 6.31. The zero-order valence-electron chi connectivity index (χ0n) is 16.6. The van der Waals surface area contributed by atoms with E-state index in [0.29, 0.717) is 23.7 Å². The molecule has 4 rings (SSSR count). The number of benzene rings is 2. The predicted octanol–water partition coefficient (Wildman–Crippen LogP) is 4.24. The van der Waals surface area contributed by atoms with E-state index in [0.717, 1.165) is 27.4 Å². The number of hydrogen-bond acceptors (Lipinski definition) is 5. The molecule has 2 heterocycles. The normalized spacial score (nSPS) is 16.3. The van der Waals surface area contributed by atoms with Crippen molar-refractivity contribution in [3.05, 3.63) is 69.7 Å². The summed E-state index contributed by atoms with van der Waals surface area (Å²) >= 11 is 1.33.